The first kappa shape index (κ1) is 18.1. The van der Waals surface area contributed by atoms with E-state index in [9.17, 15) is 0 Å². The zero-order valence-electron chi connectivity index (χ0n) is 15.5. The van der Waals surface area contributed by atoms with E-state index in [-0.39, 0.29) is 0 Å². The molecule has 1 aromatic carbocycles. The summed E-state index contributed by atoms with van der Waals surface area (Å²) in [5.74, 6) is 2.76. The number of hydrogen-bond donors (Lipinski definition) is 1. The Morgan fingerprint density at radius 1 is 1.12 bits per heavy atom. The molecule has 4 rings (SSSR count). The van der Waals surface area contributed by atoms with E-state index in [4.69, 9.17) is 9.72 Å². The molecule has 1 saturated heterocycles. The maximum Gasteiger partial charge on any atom is 0.138 e. The summed E-state index contributed by atoms with van der Waals surface area (Å²) in [7, 11) is 0. The average molecular weight is 372 g/mol. The predicted octanol–water partition coefficient (Wildman–Crippen LogP) is 5.03. The molecule has 4 nitrogen and oxygen atoms in total. The molecule has 0 unspecified atom stereocenters. The minimum absolute atomic E-state index is 0.687. The first-order valence-electron chi connectivity index (χ1n) is 10.1. The Labute approximate surface area is 160 Å². The van der Waals surface area contributed by atoms with Crippen molar-refractivity contribution in [3.63, 3.8) is 0 Å². The van der Waals surface area contributed by atoms with Crippen LogP contribution >= 0.6 is 11.8 Å². The second kappa shape index (κ2) is 9.05. The van der Waals surface area contributed by atoms with Gasteiger partial charge in [-0.25, -0.2) is 9.97 Å². The van der Waals surface area contributed by atoms with Crippen molar-refractivity contribution < 1.29 is 4.74 Å². The lowest BCUT2D eigenvalue weighted by molar-refractivity contribution is 0.1000. The molecular weight excluding hydrogens is 342 g/mol. The lowest BCUT2D eigenvalue weighted by atomic mass is 10.0. The van der Waals surface area contributed by atoms with Crippen LogP contribution in [0.15, 0.2) is 24.4 Å². The van der Waals surface area contributed by atoms with Gasteiger partial charge < -0.3 is 10.1 Å². The predicted molar refractivity (Wildman–Crippen MR) is 110 cm³/mol. The fraction of sp³-hybridized carbons (Fsp3) is 0.619. The highest BCUT2D eigenvalue weighted by atomic mass is 32.2. The van der Waals surface area contributed by atoms with Crippen molar-refractivity contribution in [3.05, 3.63) is 30.2 Å². The Morgan fingerprint density at radius 2 is 1.96 bits per heavy atom. The molecule has 2 heterocycles. The number of fused-ring (bicyclic) bond motifs is 1. The number of nitrogens with one attached hydrogen (secondary N) is 1. The van der Waals surface area contributed by atoms with Crippen LogP contribution in [0.2, 0.25) is 0 Å². The number of benzene rings is 1. The van der Waals surface area contributed by atoms with E-state index >= 15 is 0 Å². The molecule has 26 heavy (non-hydrogen) atoms. The van der Waals surface area contributed by atoms with E-state index in [0.29, 0.717) is 5.25 Å². The van der Waals surface area contributed by atoms with Crippen LogP contribution in [0, 0.1) is 5.92 Å². The third kappa shape index (κ3) is 4.89. The number of nitrogens with zero attached hydrogens (tertiary/aromatic N) is 2. The van der Waals surface area contributed by atoms with Crippen molar-refractivity contribution in [2.45, 2.75) is 55.9 Å². The third-order valence-electron chi connectivity index (χ3n) is 5.61. The van der Waals surface area contributed by atoms with E-state index in [1.165, 1.54) is 37.8 Å². The SMILES string of the molecule is c1cc2cnc(CSC3CCOCC3)nc2cc1NCCC1CCCC1. The molecule has 1 aromatic heterocycles. The molecule has 1 N–H and O–H groups in total. The van der Waals surface area contributed by atoms with Gasteiger partial charge in [0.25, 0.3) is 0 Å². The average Bonchev–Trinajstić information content (AvgIpc) is 3.20. The summed E-state index contributed by atoms with van der Waals surface area (Å²) < 4.78 is 5.44. The zero-order valence-corrected chi connectivity index (χ0v) is 16.3. The molecule has 5 heteroatoms. The number of ether oxygens (including phenoxy) is 1. The van der Waals surface area contributed by atoms with Gasteiger partial charge in [-0.2, -0.15) is 11.8 Å². The lowest BCUT2D eigenvalue weighted by Gasteiger charge is -2.21. The van der Waals surface area contributed by atoms with Crippen LogP contribution in [0.3, 0.4) is 0 Å². The quantitative estimate of drug-likeness (QED) is 0.739. The van der Waals surface area contributed by atoms with Crippen LogP contribution in [0.25, 0.3) is 10.9 Å². The van der Waals surface area contributed by atoms with Gasteiger partial charge in [0.2, 0.25) is 0 Å². The fourth-order valence-corrected chi connectivity index (χ4v) is 5.05. The smallest absolute Gasteiger partial charge is 0.138 e. The normalized spacial score (nSPS) is 19.2. The number of hydrogen-bond acceptors (Lipinski definition) is 5. The summed E-state index contributed by atoms with van der Waals surface area (Å²) >= 11 is 1.97. The van der Waals surface area contributed by atoms with Crippen molar-refractivity contribution >= 4 is 28.4 Å². The first-order valence-corrected chi connectivity index (χ1v) is 11.1. The second-order valence-corrected chi connectivity index (χ2v) is 8.84. The topological polar surface area (TPSA) is 47.0 Å². The monoisotopic (exact) mass is 371 g/mol. The summed E-state index contributed by atoms with van der Waals surface area (Å²) in [6.45, 7) is 2.85. The Kier molecular flexibility index (Phi) is 6.28. The molecule has 1 aliphatic carbocycles. The number of aromatic nitrogens is 2. The molecule has 2 aromatic rings. The summed E-state index contributed by atoms with van der Waals surface area (Å²) in [5.41, 5.74) is 2.23. The Balaban J connectivity index is 1.34. The molecule has 2 aliphatic rings. The number of anilines is 1. The van der Waals surface area contributed by atoms with Crippen molar-refractivity contribution in [3.8, 4) is 0 Å². The van der Waals surface area contributed by atoms with Gasteiger partial charge in [-0.15, -0.1) is 0 Å². The standard InChI is InChI=1S/C21H29N3OS/c1-2-4-16(3-1)7-10-22-18-6-5-17-14-23-21(24-20(17)13-18)15-26-19-8-11-25-12-9-19/h5-6,13-14,16,19,22H,1-4,7-12,15H2. The Bertz CT molecular complexity index is 711. The summed E-state index contributed by atoms with van der Waals surface area (Å²) in [4.78, 5) is 9.35. The van der Waals surface area contributed by atoms with Gasteiger partial charge >= 0.3 is 0 Å². The zero-order chi connectivity index (χ0) is 17.6. The van der Waals surface area contributed by atoms with Gasteiger partial charge in [-0.1, -0.05) is 25.7 Å². The Morgan fingerprint density at radius 3 is 2.81 bits per heavy atom. The molecule has 140 valence electrons. The second-order valence-electron chi connectivity index (χ2n) is 7.55. The molecule has 0 amide bonds. The van der Waals surface area contributed by atoms with Crippen LogP contribution in [0.1, 0.15) is 50.8 Å². The molecular formula is C21H29N3OS. The number of thioether (sulfide) groups is 1. The summed E-state index contributed by atoms with van der Waals surface area (Å²) in [6.07, 6.45) is 11.2. The van der Waals surface area contributed by atoms with Crippen LogP contribution in [0.4, 0.5) is 5.69 Å². The van der Waals surface area contributed by atoms with Gasteiger partial charge in [0.1, 0.15) is 5.82 Å². The van der Waals surface area contributed by atoms with Gasteiger partial charge in [0.05, 0.1) is 11.3 Å². The van der Waals surface area contributed by atoms with Gasteiger partial charge in [0, 0.05) is 42.3 Å². The van der Waals surface area contributed by atoms with Crippen LogP contribution in [0.5, 0.6) is 0 Å². The van der Waals surface area contributed by atoms with Crippen molar-refractivity contribution in [1.82, 2.24) is 9.97 Å². The molecule has 0 bridgehead atoms. The maximum absolute atomic E-state index is 5.44. The first-order chi connectivity index (χ1) is 12.9. The number of rotatable bonds is 7. The fourth-order valence-electron chi connectivity index (χ4n) is 4.00. The molecule has 0 radical (unpaired) electrons. The summed E-state index contributed by atoms with van der Waals surface area (Å²) in [5, 5.41) is 5.39. The Hall–Kier alpha value is -1.33. The van der Waals surface area contributed by atoms with Crippen LogP contribution in [-0.2, 0) is 10.5 Å². The summed E-state index contributed by atoms with van der Waals surface area (Å²) in [6, 6.07) is 6.45. The minimum atomic E-state index is 0.687. The lowest BCUT2D eigenvalue weighted by Crippen LogP contribution is -2.17. The van der Waals surface area contributed by atoms with E-state index in [1.54, 1.807) is 0 Å². The molecule has 1 saturated carbocycles. The molecule has 1 aliphatic heterocycles. The van der Waals surface area contributed by atoms with Crippen molar-refractivity contribution in [2.75, 3.05) is 25.1 Å². The highest BCUT2D eigenvalue weighted by molar-refractivity contribution is 7.99. The van der Waals surface area contributed by atoms with E-state index in [2.05, 4.69) is 28.5 Å². The van der Waals surface area contributed by atoms with E-state index in [0.717, 1.165) is 61.0 Å². The van der Waals surface area contributed by atoms with Crippen molar-refractivity contribution in [1.29, 1.82) is 0 Å². The minimum Gasteiger partial charge on any atom is -0.385 e. The highest BCUT2D eigenvalue weighted by Crippen LogP contribution is 2.28. The van der Waals surface area contributed by atoms with E-state index in [1.807, 2.05) is 18.0 Å². The van der Waals surface area contributed by atoms with Gasteiger partial charge in [-0.3, -0.25) is 0 Å². The van der Waals surface area contributed by atoms with Gasteiger partial charge in [-0.05, 0) is 43.4 Å². The van der Waals surface area contributed by atoms with Gasteiger partial charge in [0.15, 0.2) is 0 Å². The van der Waals surface area contributed by atoms with Crippen LogP contribution < -0.4 is 5.32 Å². The largest absolute Gasteiger partial charge is 0.385 e. The molecule has 0 atom stereocenters. The third-order valence-corrected chi connectivity index (χ3v) is 6.97. The highest BCUT2D eigenvalue weighted by Gasteiger charge is 2.15. The molecule has 2 fully saturated rings. The van der Waals surface area contributed by atoms with E-state index < -0.39 is 0 Å². The van der Waals surface area contributed by atoms with Crippen LogP contribution in [-0.4, -0.2) is 35.0 Å². The molecule has 0 spiro atoms. The maximum atomic E-state index is 5.44. The van der Waals surface area contributed by atoms with Crippen molar-refractivity contribution in [2.24, 2.45) is 5.92 Å².